The molecule has 0 aromatic carbocycles. The molecule has 0 radical (unpaired) electrons. The van der Waals surface area contributed by atoms with Crippen LogP contribution in [-0.4, -0.2) is 39.9 Å². The summed E-state index contributed by atoms with van der Waals surface area (Å²) in [4.78, 5) is 21.7. The highest BCUT2D eigenvalue weighted by Gasteiger charge is 2.18. The second-order valence-electron chi connectivity index (χ2n) is 3.70. The van der Waals surface area contributed by atoms with Crippen LogP contribution in [0.3, 0.4) is 0 Å². The SMILES string of the molecule is CCN(CC)C(=O)C(C)Nc1cnc(N)cn1. The average molecular weight is 237 g/mol. The Bertz CT molecular complexity index is 361. The largest absolute Gasteiger partial charge is 0.382 e. The van der Waals surface area contributed by atoms with Crippen LogP contribution < -0.4 is 11.1 Å². The molecular formula is C11H19N5O. The predicted octanol–water partition coefficient (Wildman–Crippen LogP) is 0.728. The Balaban J connectivity index is 2.62. The second kappa shape index (κ2) is 6.03. The lowest BCUT2D eigenvalue weighted by molar-refractivity contribution is -0.131. The van der Waals surface area contributed by atoms with Gasteiger partial charge < -0.3 is 16.0 Å². The van der Waals surface area contributed by atoms with E-state index in [1.807, 2.05) is 13.8 Å². The van der Waals surface area contributed by atoms with Crippen molar-refractivity contribution < 1.29 is 4.79 Å². The minimum Gasteiger partial charge on any atom is -0.382 e. The third-order valence-corrected chi connectivity index (χ3v) is 2.48. The molecule has 1 heterocycles. The first-order valence-electron chi connectivity index (χ1n) is 5.71. The van der Waals surface area contributed by atoms with E-state index >= 15 is 0 Å². The fourth-order valence-corrected chi connectivity index (χ4v) is 1.51. The topological polar surface area (TPSA) is 84.1 Å². The summed E-state index contributed by atoms with van der Waals surface area (Å²) in [7, 11) is 0. The van der Waals surface area contributed by atoms with Crippen molar-refractivity contribution in [3.63, 3.8) is 0 Å². The Morgan fingerprint density at radius 3 is 2.53 bits per heavy atom. The zero-order chi connectivity index (χ0) is 12.8. The van der Waals surface area contributed by atoms with E-state index in [4.69, 9.17) is 5.73 Å². The summed E-state index contributed by atoms with van der Waals surface area (Å²) in [5, 5.41) is 3.00. The summed E-state index contributed by atoms with van der Waals surface area (Å²) in [6, 6.07) is -0.326. The highest BCUT2D eigenvalue weighted by atomic mass is 16.2. The number of carbonyl (C=O) groups is 1. The molecule has 1 amide bonds. The van der Waals surface area contributed by atoms with Crippen LogP contribution in [0.4, 0.5) is 11.6 Å². The summed E-state index contributed by atoms with van der Waals surface area (Å²) in [5.74, 6) is 0.958. The van der Waals surface area contributed by atoms with Crippen LogP contribution in [0.15, 0.2) is 12.4 Å². The van der Waals surface area contributed by atoms with Gasteiger partial charge in [-0.1, -0.05) is 0 Å². The van der Waals surface area contributed by atoms with Gasteiger partial charge in [0.2, 0.25) is 5.91 Å². The molecule has 0 aliphatic heterocycles. The van der Waals surface area contributed by atoms with E-state index in [0.29, 0.717) is 24.7 Å². The maximum Gasteiger partial charge on any atom is 0.244 e. The zero-order valence-electron chi connectivity index (χ0n) is 10.5. The molecular weight excluding hydrogens is 218 g/mol. The van der Waals surface area contributed by atoms with Gasteiger partial charge in [-0.3, -0.25) is 4.79 Å². The van der Waals surface area contributed by atoms with Gasteiger partial charge >= 0.3 is 0 Å². The molecule has 0 bridgehead atoms. The molecule has 1 unspecified atom stereocenters. The number of anilines is 2. The molecule has 17 heavy (non-hydrogen) atoms. The summed E-state index contributed by atoms with van der Waals surface area (Å²) >= 11 is 0. The van der Waals surface area contributed by atoms with Crippen molar-refractivity contribution in [1.29, 1.82) is 0 Å². The van der Waals surface area contributed by atoms with Gasteiger partial charge in [0, 0.05) is 13.1 Å². The first-order valence-corrected chi connectivity index (χ1v) is 5.71. The number of amides is 1. The lowest BCUT2D eigenvalue weighted by Crippen LogP contribution is -2.41. The zero-order valence-corrected chi connectivity index (χ0v) is 10.5. The Kier molecular flexibility index (Phi) is 4.68. The monoisotopic (exact) mass is 237 g/mol. The Hall–Kier alpha value is -1.85. The molecule has 1 rings (SSSR count). The van der Waals surface area contributed by atoms with Gasteiger partial charge in [0.1, 0.15) is 17.7 Å². The highest BCUT2D eigenvalue weighted by Crippen LogP contribution is 2.05. The number of nitrogens with one attached hydrogen (secondary N) is 1. The van der Waals surface area contributed by atoms with E-state index in [-0.39, 0.29) is 11.9 Å². The van der Waals surface area contributed by atoms with Gasteiger partial charge in [-0.2, -0.15) is 0 Å². The molecule has 1 aromatic rings. The van der Waals surface area contributed by atoms with Crippen LogP contribution in [0.1, 0.15) is 20.8 Å². The summed E-state index contributed by atoms with van der Waals surface area (Å²) < 4.78 is 0. The summed E-state index contributed by atoms with van der Waals surface area (Å²) in [5.41, 5.74) is 5.43. The predicted molar refractivity (Wildman–Crippen MR) is 67.5 cm³/mol. The Morgan fingerprint density at radius 1 is 1.41 bits per heavy atom. The summed E-state index contributed by atoms with van der Waals surface area (Å²) in [6.07, 6.45) is 2.97. The lowest BCUT2D eigenvalue weighted by Gasteiger charge is -2.23. The minimum atomic E-state index is -0.326. The van der Waals surface area contributed by atoms with Gasteiger partial charge in [0.25, 0.3) is 0 Å². The number of nitrogens with zero attached hydrogens (tertiary/aromatic N) is 3. The van der Waals surface area contributed by atoms with Crippen LogP contribution in [0.2, 0.25) is 0 Å². The molecule has 0 aliphatic rings. The maximum absolute atomic E-state index is 12.0. The van der Waals surface area contributed by atoms with E-state index in [1.165, 1.54) is 12.4 Å². The number of aromatic nitrogens is 2. The number of likely N-dealkylation sites (N-methyl/N-ethyl adjacent to an activating group) is 1. The number of hydrogen-bond donors (Lipinski definition) is 2. The lowest BCUT2D eigenvalue weighted by atomic mass is 10.3. The third-order valence-electron chi connectivity index (χ3n) is 2.48. The average Bonchev–Trinajstić information content (AvgIpc) is 2.33. The number of nitrogens with two attached hydrogens (primary N) is 1. The van der Waals surface area contributed by atoms with Crippen LogP contribution in [0, 0.1) is 0 Å². The quantitative estimate of drug-likeness (QED) is 0.788. The van der Waals surface area contributed by atoms with Crippen molar-refractivity contribution >= 4 is 17.5 Å². The number of carbonyl (C=O) groups excluding carboxylic acids is 1. The van der Waals surface area contributed by atoms with Crippen molar-refractivity contribution in [2.24, 2.45) is 0 Å². The standard InChI is InChI=1S/C11H19N5O/c1-4-16(5-2)11(17)8(3)15-10-7-13-9(12)6-14-10/h6-8H,4-5H2,1-3H3,(H2,12,13)(H,14,15). The molecule has 6 heteroatoms. The van der Waals surface area contributed by atoms with Crippen LogP contribution in [-0.2, 0) is 4.79 Å². The highest BCUT2D eigenvalue weighted by molar-refractivity contribution is 5.83. The molecule has 0 saturated heterocycles. The fraction of sp³-hybridized carbons (Fsp3) is 0.545. The first kappa shape index (κ1) is 13.2. The molecule has 0 aliphatic carbocycles. The second-order valence-corrected chi connectivity index (χ2v) is 3.70. The van der Waals surface area contributed by atoms with Crippen LogP contribution in [0.5, 0.6) is 0 Å². The molecule has 94 valence electrons. The van der Waals surface area contributed by atoms with E-state index in [1.54, 1.807) is 11.8 Å². The Morgan fingerprint density at radius 2 is 2.06 bits per heavy atom. The molecule has 1 aromatic heterocycles. The van der Waals surface area contributed by atoms with Gasteiger partial charge in [0.05, 0.1) is 12.4 Å². The Labute approximate surface area is 101 Å². The van der Waals surface area contributed by atoms with Gasteiger partial charge in [-0.15, -0.1) is 0 Å². The van der Waals surface area contributed by atoms with Crippen LogP contribution >= 0.6 is 0 Å². The van der Waals surface area contributed by atoms with Crippen molar-refractivity contribution in [3.05, 3.63) is 12.4 Å². The third kappa shape index (κ3) is 3.58. The van der Waals surface area contributed by atoms with Crippen molar-refractivity contribution in [1.82, 2.24) is 14.9 Å². The number of nitrogen functional groups attached to an aromatic ring is 1. The smallest absolute Gasteiger partial charge is 0.244 e. The van der Waals surface area contributed by atoms with E-state index in [2.05, 4.69) is 15.3 Å². The number of rotatable bonds is 5. The maximum atomic E-state index is 12.0. The normalized spacial score (nSPS) is 11.9. The number of hydrogen-bond acceptors (Lipinski definition) is 5. The van der Waals surface area contributed by atoms with E-state index in [0.717, 1.165) is 0 Å². The molecule has 0 fully saturated rings. The van der Waals surface area contributed by atoms with Crippen molar-refractivity contribution in [2.45, 2.75) is 26.8 Å². The van der Waals surface area contributed by atoms with Gasteiger partial charge in [0.15, 0.2) is 0 Å². The minimum absolute atomic E-state index is 0.0497. The van der Waals surface area contributed by atoms with Gasteiger partial charge in [-0.05, 0) is 20.8 Å². The van der Waals surface area contributed by atoms with Crippen molar-refractivity contribution in [2.75, 3.05) is 24.1 Å². The molecule has 0 saturated carbocycles. The fourth-order valence-electron chi connectivity index (χ4n) is 1.51. The first-order chi connectivity index (χ1) is 8.08. The summed E-state index contributed by atoms with van der Waals surface area (Å²) in [6.45, 7) is 7.12. The molecule has 3 N–H and O–H groups in total. The van der Waals surface area contributed by atoms with Crippen LogP contribution in [0.25, 0.3) is 0 Å². The molecule has 0 spiro atoms. The van der Waals surface area contributed by atoms with Gasteiger partial charge in [-0.25, -0.2) is 9.97 Å². The molecule has 6 nitrogen and oxygen atoms in total. The van der Waals surface area contributed by atoms with E-state index in [9.17, 15) is 4.79 Å². The van der Waals surface area contributed by atoms with Crippen molar-refractivity contribution in [3.8, 4) is 0 Å². The van der Waals surface area contributed by atoms with E-state index < -0.39 is 0 Å². The molecule has 1 atom stereocenters.